The molecule has 0 saturated carbocycles. The van der Waals surface area contributed by atoms with Crippen molar-refractivity contribution >= 4 is 0 Å². The minimum atomic E-state index is 0.680. The van der Waals surface area contributed by atoms with Gasteiger partial charge < -0.3 is 4.74 Å². The molecule has 1 aromatic heterocycles. The summed E-state index contributed by atoms with van der Waals surface area (Å²) >= 11 is 0. The molecule has 79 valence electrons. The average molecular weight is 210 g/mol. The molecule has 1 radical (unpaired) electrons. The quantitative estimate of drug-likeness (QED) is 0.759. The highest BCUT2D eigenvalue weighted by molar-refractivity contribution is 5.34. The number of hydrogen-bond acceptors (Lipinski definition) is 2. The van der Waals surface area contributed by atoms with Crippen LogP contribution in [0.25, 0.3) is 0 Å². The maximum atomic E-state index is 5.42. The van der Waals surface area contributed by atoms with Gasteiger partial charge in [-0.1, -0.05) is 30.3 Å². The molecule has 2 heterocycles. The molecule has 2 aromatic rings. The number of benzene rings is 1. The van der Waals surface area contributed by atoms with Crippen LogP contribution in [0.4, 0.5) is 0 Å². The lowest BCUT2D eigenvalue weighted by molar-refractivity contribution is 0.134. The molecule has 1 aliphatic rings. The van der Waals surface area contributed by atoms with Crippen molar-refractivity contribution in [2.24, 2.45) is 0 Å². The molecule has 0 unspecified atom stereocenters. The van der Waals surface area contributed by atoms with Crippen LogP contribution < -0.4 is 0 Å². The van der Waals surface area contributed by atoms with E-state index in [1.54, 1.807) is 6.20 Å². The smallest absolute Gasteiger partial charge is 0.0743 e. The zero-order chi connectivity index (χ0) is 10.8. The summed E-state index contributed by atoms with van der Waals surface area (Å²) in [6, 6.07) is 13.5. The van der Waals surface area contributed by atoms with Crippen LogP contribution >= 0.6 is 0 Å². The topological polar surface area (TPSA) is 22.1 Å². The lowest BCUT2D eigenvalue weighted by Gasteiger charge is -2.05. The van der Waals surface area contributed by atoms with E-state index in [1.807, 2.05) is 6.07 Å². The molecule has 0 spiro atoms. The normalized spacial score (nSPS) is 13.8. The Morgan fingerprint density at radius 1 is 1.19 bits per heavy atom. The summed E-state index contributed by atoms with van der Waals surface area (Å²) < 4.78 is 5.42. The fourth-order valence-corrected chi connectivity index (χ4v) is 2.02. The third kappa shape index (κ3) is 1.72. The lowest BCUT2D eigenvalue weighted by Crippen LogP contribution is -1.98. The summed E-state index contributed by atoms with van der Waals surface area (Å²) in [5.41, 5.74) is 4.81. The van der Waals surface area contributed by atoms with E-state index in [4.69, 9.17) is 4.74 Å². The van der Waals surface area contributed by atoms with E-state index in [2.05, 4.69) is 35.3 Å². The van der Waals surface area contributed by atoms with Gasteiger partial charge in [-0.3, -0.25) is 4.98 Å². The van der Waals surface area contributed by atoms with E-state index in [0.29, 0.717) is 13.2 Å². The van der Waals surface area contributed by atoms with Crippen LogP contribution in [0, 0.1) is 6.07 Å². The van der Waals surface area contributed by atoms with Gasteiger partial charge in [-0.05, 0) is 11.1 Å². The first-order chi connectivity index (χ1) is 7.93. The molecule has 0 amide bonds. The van der Waals surface area contributed by atoms with Crippen molar-refractivity contribution in [3.05, 3.63) is 65.0 Å². The molecule has 0 aliphatic carbocycles. The van der Waals surface area contributed by atoms with Crippen molar-refractivity contribution in [1.29, 1.82) is 0 Å². The van der Waals surface area contributed by atoms with Crippen molar-refractivity contribution in [3.63, 3.8) is 0 Å². The lowest BCUT2D eigenvalue weighted by atomic mass is 10.0. The Kier molecular flexibility index (Phi) is 2.43. The summed E-state index contributed by atoms with van der Waals surface area (Å²) in [5, 5.41) is 0. The molecular formula is C14H12NO. The number of pyridine rings is 1. The number of aromatic nitrogens is 1. The van der Waals surface area contributed by atoms with Gasteiger partial charge in [0, 0.05) is 24.2 Å². The van der Waals surface area contributed by atoms with Crippen LogP contribution in [0.2, 0.25) is 0 Å². The van der Waals surface area contributed by atoms with Gasteiger partial charge in [0.2, 0.25) is 0 Å². The van der Waals surface area contributed by atoms with E-state index in [-0.39, 0.29) is 0 Å². The maximum absolute atomic E-state index is 5.42. The van der Waals surface area contributed by atoms with E-state index in [9.17, 15) is 0 Å². The van der Waals surface area contributed by atoms with Crippen LogP contribution in [0.3, 0.4) is 0 Å². The standard InChI is InChI=1S/C14H12NO/c1-2-4-11(5-3-1)8-14-13-10-16-9-12(13)6-7-15-14/h1-5,7H,8-10H2. The van der Waals surface area contributed by atoms with Crippen LogP contribution in [-0.2, 0) is 24.4 Å². The van der Waals surface area contributed by atoms with E-state index >= 15 is 0 Å². The average Bonchev–Trinajstić information content (AvgIpc) is 2.80. The minimum Gasteiger partial charge on any atom is -0.372 e. The van der Waals surface area contributed by atoms with Gasteiger partial charge in [-0.2, -0.15) is 0 Å². The summed E-state index contributed by atoms with van der Waals surface area (Å²) in [7, 11) is 0. The zero-order valence-electron chi connectivity index (χ0n) is 8.94. The van der Waals surface area contributed by atoms with Gasteiger partial charge >= 0.3 is 0 Å². The highest BCUT2D eigenvalue weighted by Crippen LogP contribution is 2.22. The highest BCUT2D eigenvalue weighted by Gasteiger charge is 2.16. The third-order valence-electron chi connectivity index (χ3n) is 2.88. The number of fused-ring (bicyclic) bond motifs is 1. The minimum absolute atomic E-state index is 0.680. The number of ether oxygens (including phenoxy) is 1. The molecule has 0 atom stereocenters. The predicted octanol–water partition coefficient (Wildman–Crippen LogP) is 2.50. The highest BCUT2D eigenvalue weighted by atomic mass is 16.5. The second kappa shape index (κ2) is 4.06. The molecule has 0 bridgehead atoms. The SMILES string of the molecule is [c]1cnc(Cc2ccccc2)c2c1COC2. The van der Waals surface area contributed by atoms with Gasteiger partial charge in [0.05, 0.1) is 18.9 Å². The van der Waals surface area contributed by atoms with Gasteiger partial charge in [-0.25, -0.2) is 0 Å². The third-order valence-corrected chi connectivity index (χ3v) is 2.88. The second-order valence-corrected chi connectivity index (χ2v) is 3.96. The summed E-state index contributed by atoms with van der Waals surface area (Å²) in [6.45, 7) is 1.36. The fraction of sp³-hybridized carbons (Fsp3) is 0.214. The van der Waals surface area contributed by atoms with Crippen molar-refractivity contribution in [2.45, 2.75) is 19.6 Å². The number of rotatable bonds is 2. The first-order valence-electron chi connectivity index (χ1n) is 5.42. The molecule has 0 saturated heterocycles. The fourth-order valence-electron chi connectivity index (χ4n) is 2.02. The van der Waals surface area contributed by atoms with E-state index in [1.165, 1.54) is 16.7 Å². The molecule has 3 rings (SSSR count). The number of hydrogen-bond donors (Lipinski definition) is 0. The molecule has 2 heteroatoms. The Labute approximate surface area is 94.9 Å². The Balaban J connectivity index is 1.94. The molecule has 1 aliphatic heterocycles. The largest absolute Gasteiger partial charge is 0.372 e. The molecule has 16 heavy (non-hydrogen) atoms. The van der Waals surface area contributed by atoms with Gasteiger partial charge in [0.1, 0.15) is 0 Å². The first kappa shape index (κ1) is 9.55. The van der Waals surface area contributed by atoms with Crippen LogP contribution in [0.15, 0.2) is 36.5 Å². The molecule has 0 N–H and O–H groups in total. The predicted molar refractivity (Wildman–Crippen MR) is 60.8 cm³/mol. The van der Waals surface area contributed by atoms with Gasteiger partial charge in [-0.15, -0.1) is 0 Å². The van der Waals surface area contributed by atoms with Crippen LogP contribution in [0.5, 0.6) is 0 Å². The maximum Gasteiger partial charge on any atom is 0.0743 e. The van der Waals surface area contributed by atoms with E-state index in [0.717, 1.165) is 12.1 Å². The van der Waals surface area contributed by atoms with Crippen molar-refractivity contribution in [3.8, 4) is 0 Å². The first-order valence-corrected chi connectivity index (χ1v) is 5.42. The summed E-state index contributed by atoms with van der Waals surface area (Å²) in [5.74, 6) is 0. The number of nitrogens with zero attached hydrogens (tertiary/aromatic N) is 1. The molecule has 1 aromatic carbocycles. The Morgan fingerprint density at radius 2 is 2.06 bits per heavy atom. The van der Waals surface area contributed by atoms with Crippen molar-refractivity contribution < 1.29 is 4.74 Å². The van der Waals surface area contributed by atoms with Crippen LogP contribution in [-0.4, -0.2) is 4.98 Å². The van der Waals surface area contributed by atoms with Gasteiger partial charge in [0.15, 0.2) is 0 Å². The Bertz CT molecular complexity index is 493. The van der Waals surface area contributed by atoms with Crippen LogP contribution in [0.1, 0.15) is 22.4 Å². The van der Waals surface area contributed by atoms with E-state index < -0.39 is 0 Å². The van der Waals surface area contributed by atoms with Crippen molar-refractivity contribution in [2.75, 3.05) is 0 Å². The summed E-state index contributed by atoms with van der Waals surface area (Å²) in [6.07, 6.45) is 2.63. The summed E-state index contributed by atoms with van der Waals surface area (Å²) in [4.78, 5) is 4.41. The van der Waals surface area contributed by atoms with Crippen molar-refractivity contribution in [1.82, 2.24) is 4.98 Å². The molecular weight excluding hydrogens is 198 g/mol. The second-order valence-electron chi connectivity index (χ2n) is 3.96. The monoisotopic (exact) mass is 210 g/mol. The zero-order valence-corrected chi connectivity index (χ0v) is 8.94. The Morgan fingerprint density at radius 3 is 2.94 bits per heavy atom. The Hall–Kier alpha value is -1.67. The van der Waals surface area contributed by atoms with Gasteiger partial charge in [0.25, 0.3) is 0 Å². The molecule has 2 nitrogen and oxygen atoms in total. The molecule has 0 fully saturated rings.